The molecule has 0 aromatic carbocycles. The van der Waals surface area contributed by atoms with Crippen LogP contribution < -0.4 is 15.1 Å². The summed E-state index contributed by atoms with van der Waals surface area (Å²) in [6, 6.07) is 6.62. The molecular weight excluding hydrogens is 413 g/mol. The summed E-state index contributed by atoms with van der Waals surface area (Å²) in [5, 5.41) is 13.7. The molecule has 0 atom stereocenters. The van der Waals surface area contributed by atoms with E-state index >= 15 is 0 Å². The van der Waals surface area contributed by atoms with E-state index in [0.717, 1.165) is 0 Å². The number of carbonyl (C=O) groups excluding carboxylic acids is 1. The monoisotopic (exact) mass is 434 g/mol. The standard InChI is InChI=1S/C19H21F3N8O/c1-28(2)16-13(4-3-9-23-16)24-17(31)12-7-10-29(11-8-12)15-6-5-14-25-26-18(19(20,21)22)30(14)27-15/h3-6,9,12H,7-8,10-11H2,1-2H3,(H,24,31). The number of pyridine rings is 1. The number of piperidine rings is 1. The highest BCUT2D eigenvalue weighted by Gasteiger charge is 2.38. The summed E-state index contributed by atoms with van der Waals surface area (Å²) in [4.78, 5) is 20.7. The third-order valence-electron chi connectivity index (χ3n) is 5.16. The number of fused-ring (bicyclic) bond motifs is 1. The number of hydrogen-bond donors (Lipinski definition) is 1. The van der Waals surface area contributed by atoms with Crippen LogP contribution in [0.5, 0.6) is 0 Å². The zero-order valence-electron chi connectivity index (χ0n) is 17.0. The van der Waals surface area contributed by atoms with Crippen molar-refractivity contribution in [2.75, 3.05) is 42.3 Å². The average Bonchev–Trinajstić information content (AvgIpc) is 3.18. The maximum absolute atomic E-state index is 13.1. The maximum Gasteiger partial charge on any atom is 0.453 e. The van der Waals surface area contributed by atoms with Gasteiger partial charge in [0.15, 0.2) is 11.5 Å². The Bertz CT molecular complexity index is 1090. The Hall–Kier alpha value is -3.44. The highest BCUT2D eigenvalue weighted by Crippen LogP contribution is 2.29. The van der Waals surface area contributed by atoms with Crippen LogP contribution in [0.15, 0.2) is 30.5 Å². The average molecular weight is 434 g/mol. The van der Waals surface area contributed by atoms with E-state index in [0.29, 0.717) is 47.8 Å². The van der Waals surface area contributed by atoms with E-state index in [1.807, 2.05) is 23.9 Å². The fourth-order valence-electron chi connectivity index (χ4n) is 3.58. The van der Waals surface area contributed by atoms with Gasteiger partial charge in [0.05, 0.1) is 5.69 Å². The number of hydrogen-bond acceptors (Lipinski definition) is 7. The van der Waals surface area contributed by atoms with Crippen molar-refractivity contribution in [2.24, 2.45) is 5.92 Å². The van der Waals surface area contributed by atoms with Crippen LogP contribution in [0.1, 0.15) is 18.7 Å². The first kappa shape index (κ1) is 20.8. The molecule has 4 heterocycles. The molecule has 1 amide bonds. The molecule has 1 aliphatic heterocycles. The van der Waals surface area contributed by atoms with Gasteiger partial charge in [0.2, 0.25) is 5.91 Å². The number of halogens is 3. The molecule has 12 heteroatoms. The van der Waals surface area contributed by atoms with Crippen molar-refractivity contribution >= 4 is 28.9 Å². The van der Waals surface area contributed by atoms with E-state index in [4.69, 9.17) is 0 Å². The molecule has 0 radical (unpaired) electrons. The molecule has 0 unspecified atom stereocenters. The van der Waals surface area contributed by atoms with E-state index in [1.165, 1.54) is 6.07 Å². The fraction of sp³-hybridized carbons (Fsp3) is 0.421. The van der Waals surface area contributed by atoms with Gasteiger partial charge in [-0.05, 0) is 37.1 Å². The molecule has 0 saturated carbocycles. The Morgan fingerprint density at radius 3 is 2.58 bits per heavy atom. The van der Waals surface area contributed by atoms with E-state index in [9.17, 15) is 18.0 Å². The zero-order chi connectivity index (χ0) is 22.2. The highest BCUT2D eigenvalue weighted by atomic mass is 19.4. The molecule has 3 aromatic heterocycles. The van der Waals surface area contributed by atoms with Gasteiger partial charge in [-0.15, -0.1) is 15.3 Å². The van der Waals surface area contributed by atoms with Gasteiger partial charge in [-0.3, -0.25) is 4.79 Å². The lowest BCUT2D eigenvalue weighted by molar-refractivity contribution is -0.146. The molecule has 0 spiro atoms. The third kappa shape index (κ3) is 4.23. The number of carbonyl (C=O) groups is 1. The maximum atomic E-state index is 13.1. The van der Waals surface area contributed by atoms with Gasteiger partial charge >= 0.3 is 6.18 Å². The summed E-state index contributed by atoms with van der Waals surface area (Å²) >= 11 is 0. The summed E-state index contributed by atoms with van der Waals surface area (Å²) in [6.45, 7) is 0.987. The summed E-state index contributed by atoms with van der Waals surface area (Å²) < 4.78 is 40.0. The summed E-state index contributed by atoms with van der Waals surface area (Å²) in [5.74, 6) is -0.418. The van der Waals surface area contributed by atoms with Crippen molar-refractivity contribution in [2.45, 2.75) is 19.0 Å². The smallest absolute Gasteiger partial charge is 0.361 e. The minimum absolute atomic E-state index is 0.0264. The molecular formula is C19H21F3N8O. The molecule has 164 valence electrons. The van der Waals surface area contributed by atoms with Crippen LogP contribution in [0, 0.1) is 5.92 Å². The van der Waals surface area contributed by atoms with Crippen molar-refractivity contribution in [3.05, 3.63) is 36.3 Å². The third-order valence-corrected chi connectivity index (χ3v) is 5.16. The Morgan fingerprint density at radius 2 is 1.90 bits per heavy atom. The van der Waals surface area contributed by atoms with Gasteiger partial charge in [-0.1, -0.05) is 0 Å². The summed E-state index contributed by atoms with van der Waals surface area (Å²) in [5.41, 5.74) is 0.665. The minimum atomic E-state index is -4.65. The predicted octanol–water partition coefficient (Wildman–Crippen LogP) is 2.46. The molecule has 1 aliphatic rings. The van der Waals surface area contributed by atoms with Crippen LogP contribution >= 0.6 is 0 Å². The largest absolute Gasteiger partial charge is 0.453 e. The van der Waals surface area contributed by atoms with Gasteiger partial charge in [0.1, 0.15) is 5.82 Å². The van der Waals surface area contributed by atoms with Gasteiger partial charge in [0, 0.05) is 39.3 Å². The number of aromatic nitrogens is 5. The quantitative estimate of drug-likeness (QED) is 0.675. The number of rotatable bonds is 4. The van der Waals surface area contributed by atoms with E-state index < -0.39 is 12.0 Å². The first-order valence-corrected chi connectivity index (χ1v) is 9.72. The number of amides is 1. The Morgan fingerprint density at radius 1 is 1.16 bits per heavy atom. The number of nitrogens with zero attached hydrogens (tertiary/aromatic N) is 7. The molecule has 9 nitrogen and oxygen atoms in total. The molecule has 31 heavy (non-hydrogen) atoms. The summed E-state index contributed by atoms with van der Waals surface area (Å²) in [7, 11) is 3.70. The SMILES string of the molecule is CN(C)c1ncccc1NC(=O)C1CCN(c2ccc3nnc(C(F)(F)F)n3n2)CC1. The second kappa shape index (κ2) is 8.00. The number of nitrogens with one attached hydrogen (secondary N) is 1. The molecule has 0 aliphatic carbocycles. The lowest BCUT2D eigenvalue weighted by Gasteiger charge is -2.32. The molecule has 3 aromatic rings. The second-order valence-electron chi connectivity index (χ2n) is 7.50. The van der Waals surface area contributed by atoms with Crippen molar-refractivity contribution in [3.63, 3.8) is 0 Å². The van der Waals surface area contributed by atoms with Gasteiger partial charge < -0.3 is 15.1 Å². The molecule has 1 N–H and O–H groups in total. The van der Waals surface area contributed by atoms with E-state index in [1.54, 1.807) is 24.4 Å². The summed E-state index contributed by atoms with van der Waals surface area (Å²) in [6.07, 6.45) is -1.88. The van der Waals surface area contributed by atoms with Crippen LogP contribution in [0.25, 0.3) is 5.65 Å². The predicted molar refractivity (Wildman–Crippen MR) is 108 cm³/mol. The molecule has 1 saturated heterocycles. The number of anilines is 3. The number of alkyl halides is 3. The topological polar surface area (TPSA) is 91.5 Å². The van der Waals surface area contributed by atoms with Crippen LogP contribution in [-0.4, -0.2) is 57.9 Å². The Kier molecular flexibility index (Phi) is 5.38. The second-order valence-corrected chi connectivity index (χ2v) is 7.50. The van der Waals surface area contributed by atoms with Gasteiger partial charge in [0.25, 0.3) is 5.82 Å². The lowest BCUT2D eigenvalue weighted by Crippen LogP contribution is -2.39. The molecule has 0 bridgehead atoms. The fourth-order valence-corrected chi connectivity index (χ4v) is 3.58. The van der Waals surface area contributed by atoms with Crippen molar-refractivity contribution in [1.29, 1.82) is 0 Å². The zero-order valence-corrected chi connectivity index (χ0v) is 17.0. The first-order valence-electron chi connectivity index (χ1n) is 9.72. The molecule has 1 fully saturated rings. The normalized spacial score (nSPS) is 15.3. The first-order chi connectivity index (χ1) is 14.7. The van der Waals surface area contributed by atoms with Crippen molar-refractivity contribution in [1.82, 2.24) is 24.8 Å². The Labute approximate surface area is 175 Å². The van der Waals surface area contributed by atoms with Crippen LogP contribution in [-0.2, 0) is 11.0 Å². The van der Waals surface area contributed by atoms with Crippen molar-refractivity contribution < 1.29 is 18.0 Å². The van der Waals surface area contributed by atoms with Gasteiger partial charge in [-0.2, -0.15) is 17.7 Å². The van der Waals surface area contributed by atoms with E-state index in [2.05, 4.69) is 25.6 Å². The van der Waals surface area contributed by atoms with Gasteiger partial charge in [-0.25, -0.2) is 4.98 Å². The van der Waals surface area contributed by atoms with E-state index in [-0.39, 0.29) is 17.5 Å². The van der Waals surface area contributed by atoms with Crippen LogP contribution in [0.3, 0.4) is 0 Å². The lowest BCUT2D eigenvalue weighted by atomic mass is 9.96. The highest BCUT2D eigenvalue weighted by molar-refractivity contribution is 5.95. The van der Waals surface area contributed by atoms with Crippen LogP contribution in [0.4, 0.5) is 30.5 Å². The van der Waals surface area contributed by atoms with Crippen LogP contribution in [0.2, 0.25) is 0 Å². The molecule has 4 rings (SSSR count). The minimum Gasteiger partial charge on any atom is -0.361 e. The Balaban J connectivity index is 1.44. The van der Waals surface area contributed by atoms with Crippen molar-refractivity contribution in [3.8, 4) is 0 Å².